The summed E-state index contributed by atoms with van der Waals surface area (Å²) in [6.45, 7) is 2.40. The number of carbonyl (C=O) groups excluding carboxylic acids is 1. The molecule has 2 aromatic rings. The Labute approximate surface area is 117 Å². The number of nitrogens with zero attached hydrogens (tertiary/aromatic N) is 5. The van der Waals surface area contributed by atoms with Crippen LogP contribution in [0.4, 0.5) is 4.79 Å². The Balaban J connectivity index is 1.93. The average Bonchev–Trinajstić information content (AvgIpc) is 2.86. The summed E-state index contributed by atoms with van der Waals surface area (Å²) >= 11 is 0. The van der Waals surface area contributed by atoms with Gasteiger partial charge in [-0.2, -0.15) is 0 Å². The van der Waals surface area contributed by atoms with Crippen molar-refractivity contribution in [2.75, 3.05) is 7.05 Å². The van der Waals surface area contributed by atoms with E-state index in [0.29, 0.717) is 6.54 Å². The van der Waals surface area contributed by atoms with Gasteiger partial charge < -0.3 is 14.8 Å². The van der Waals surface area contributed by atoms with Gasteiger partial charge in [0.2, 0.25) is 0 Å². The number of hydrogen-bond acceptors (Lipinski definition) is 4. The van der Waals surface area contributed by atoms with Crippen LogP contribution in [0, 0.1) is 0 Å². The zero-order valence-corrected chi connectivity index (χ0v) is 11.8. The minimum absolute atomic E-state index is 0.155. The second kappa shape index (κ2) is 6.14. The van der Waals surface area contributed by atoms with Crippen molar-refractivity contribution in [1.29, 1.82) is 0 Å². The van der Waals surface area contributed by atoms with E-state index in [-0.39, 0.29) is 12.1 Å². The van der Waals surface area contributed by atoms with Gasteiger partial charge in [-0.05, 0) is 24.6 Å². The molecule has 2 heterocycles. The second-order valence-electron chi connectivity index (χ2n) is 4.68. The molecule has 0 saturated carbocycles. The molecule has 0 radical (unpaired) electrons. The van der Waals surface area contributed by atoms with Crippen LogP contribution in [0.2, 0.25) is 0 Å². The van der Waals surface area contributed by atoms with Gasteiger partial charge in [-0.15, -0.1) is 10.2 Å². The van der Waals surface area contributed by atoms with Crippen molar-refractivity contribution in [2.45, 2.75) is 19.5 Å². The molecule has 0 aliphatic rings. The van der Waals surface area contributed by atoms with Gasteiger partial charge in [0.15, 0.2) is 5.82 Å². The largest absolute Gasteiger partial charge is 0.328 e. The van der Waals surface area contributed by atoms with E-state index in [1.165, 1.54) is 0 Å². The van der Waals surface area contributed by atoms with Crippen LogP contribution in [0.25, 0.3) is 0 Å². The summed E-state index contributed by atoms with van der Waals surface area (Å²) in [4.78, 5) is 17.7. The Morgan fingerprint density at radius 2 is 2.15 bits per heavy atom. The van der Waals surface area contributed by atoms with Gasteiger partial charge in [0.1, 0.15) is 6.33 Å². The van der Waals surface area contributed by atoms with E-state index >= 15 is 0 Å². The quantitative estimate of drug-likeness (QED) is 0.906. The van der Waals surface area contributed by atoms with E-state index < -0.39 is 0 Å². The third kappa shape index (κ3) is 3.31. The highest BCUT2D eigenvalue weighted by Gasteiger charge is 2.16. The number of carbonyl (C=O) groups is 1. The first-order chi connectivity index (χ1) is 9.58. The molecule has 0 aliphatic heterocycles. The molecule has 0 spiro atoms. The van der Waals surface area contributed by atoms with Crippen molar-refractivity contribution < 1.29 is 4.79 Å². The maximum absolute atomic E-state index is 12.1. The molecule has 20 heavy (non-hydrogen) atoms. The first-order valence-corrected chi connectivity index (χ1v) is 6.32. The molecule has 2 amide bonds. The molecule has 0 bridgehead atoms. The summed E-state index contributed by atoms with van der Waals surface area (Å²) in [7, 11) is 3.60. The standard InChI is InChI=1S/C13H18N6O/c1-10(12-17-15-9-19(12)3)16-13(20)18(2)8-11-4-6-14-7-5-11/h4-7,9-10H,8H2,1-3H3,(H,16,20)/t10-/m0/s1. The van der Waals surface area contributed by atoms with Crippen LogP contribution in [0.15, 0.2) is 30.9 Å². The Kier molecular flexibility index (Phi) is 4.29. The summed E-state index contributed by atoms with van der Waals surface area (Å²) in [5.74, 6) is 0.718. The zero-order valence-electron chi connectivity index (χ0n) is 11.8. The Morgan fingerprint density at radius 1 is 1.45 bits per heavy atom. The summed E-state index contributed by atoms with van der Waals surface area (Å²) in [5.41, 5.74) is 1.03. The number of urea groups is 1. The summed E-state index contributed by atoms with van der Waals surface area (Å²) in [6.07, 6.45) is 5.03. The molecule has 0 aromatic carbocycles. The fourth-order valence-corrected chi connectivity index (χ4v) is 1.88. The van der Waals surface area contributed by atoms with Gasteiger partial charge in [-0.3, -0.25) is 4.98 Å². The third-order valence-electron chi connectivity index (χ3n) is 2.99. The molecule has 7 heteroatoms. The normalized spacial score (nSPS) is 11.9. The lowest BCUT2D eigenvalue weighted by molar-refractivity contribution is 0.203. The van der Waals surface area contributed by atoms with E-state index in [9.17, 15) is 4.79 Å². The van der Waals surface area contributed by atoms with Crippen LogP contribution < -0.4 is 5.32 Å². The van der Waals surface area contributed by atoms with Crippen molar-refractivity contribution in [3.05, 3.63) is 42.2 Å². The van der Waals surface area contributed by atoms with Crippen LogP contribution >= 0.6 is 0 Å². The molecule has 2 rings (SSSR count). The van der Waals surface area contributed by atoms with E-state index in [1.54, 1.807) is 35.2 Å². The number of rotatable bonds is 4. The predicted molar refractivity (Wildman–Crippen MR) is 73.7 cm³/mol. The number of aryl methyl sites for hydroxylation is 1. The number of nitrogens with one attached hydrogen (secondary N) is 1. The molecule has 1 atom stereocenters. The lowest BCUT2D eigenvalue weighted by Crippen LogP contribution is -2.38. The van der Waals surface area contributed by atoms with Gasteiger partial charge in [-0.1, -0.05) is 0 Å². The van der Waals surface area contributed by atoms with E-state index in [1.807, 2.05) is 26.1 Å². The lowest BCUT2D eigenvalue weighted by Gasteiger charge is -2.21. The van der Waals surface area contributed by atoms with Crippen molar-refractivity contribution in [1.82, 2.24) is 30.0 Å². The number of amides is 2. The minimum Gasteiger partial charge on any atom is -0.328 e. The molecule has 0 unspecified atom stereocenters. The fourth-order valence-electron chi connectivity index (χ4n) is 1.88. The molecule has 7 nitrogen and oxygen atoms in total. The van der Waals surface area contributed by atoms with Crippen LogP contribution in [0.1, 0.15) is 24.4 Å². The first kappa shape index (κ1) is 14.0. The number of pyridine rings is 1. The second-order valence-corrected chi connectivity index (χ2v) is 4.68. The molecule has 2 aromatic heterocycles. The molecule has 1 N–H and O–H groups in total. The van der Waals surface area contributed by atoms with Gasteiger partial charge >= 0.3 is 6.03 Å². The van der Waals surface area contributed by atoms with Crippen LogP contribution in [-0.4, -0.2) is 37.7 Å². The Hall–Kier alpha value is -2.44. The Bertz CT molecular complexity index is 567. The molecule has 0 aliphatic carbocycles. The van der Waals surface area contributed by atoms with Gasteiger partial charge in [-0.25, -0.2) is 4.79 Å². The monoisotopic (exact) mass is 274 g/mol. The van der Waals surface area contributed by atoms with Crippen molar-refractivity contribution >= 4 is 6.03 Å². The SMILES string of the molecule is C[C@H](NC(=O)N(C)Cc1ccncc1)c1nncn1C. The minimum atomic E-state index is -0.199. The van der Waals surface area contributed by atoms with Gasteiger partial charge in [0.25, 0.3) is 0 Å². The summed E-state index contributed by atoms with van der Waals surface area (Å²) in [6, 6.07) is 3.42. The highest BCUT2D eigenvalue weighted by molar-refractivity contribution is 5.74. The predicted octanol–water partition coefficient (Wildman–Crippen LogP) is 1.11. The van der Waals surface area contributed by atoms with Crippen molar-refractivity contribution in [3.8, 4) is 0 Å². The Morgan fingerprint density at radius 3 is 2.75 bits per heavy atom. The topological polar surface area (TPSA) is 75.9 Å². The third-order valence-corrected chi connectivity index (χ3v) is 2.99. The van der Waals surface area contributed by atoms with Crippen LogP contribution in [0.3, 0.4) is 0 Å². The van der Waals surface area contributed by atoms with Crippen molar-refractivity contribution in [2.24, 2.45) is 7.05 Å². The van der Waals surface area contributed by atoms with Gasteiger partial charge in [0.05, 0.1) is 6.04 Å². The smallest absolute Gasteiger partial charge is 0.318 e. The average molecular weight is 274 g/mol. The number of hydrogen-bond donors (Lipinski definition) is 1. The van der Waals surface area contributed by atoms with Crippen LogP contribution in [0.5, 0.6) is 0 Å². The van der Waals surface area contributed by atoms with Crippen LogP contribution in [-0.2, 0) is 13.6 Å². The molecular weight excluding hydrogens is 256 g/mol. The fraction of sp³-hybridized carbons (Fsp3) is 0.385. The molecular formula is C13H18N6O. The summed E-state index contributed by atoms with van der Waals surface area (Å²) < 4.78 is 1.79. The molecule has 0 fully saturated rings. The summed E-state index contributed by atoms with van der Waals surface area (Å²) in [5, 5.41) is 10.7. The first-order valence-electron chi connectivity index (χ1n) is 6.32. The highest BCUT2D eigenvalue weighted by Crippen LogP contribution is 2.08. The zero-order chi connectivity index (χ0) is 14.5. The molecule has 106 valence electrons. The number of aromatic nitrogens is 4. The molecule has 0 saturated heterocycles. The van der Waals surface area contributed by atoms with E-state index in [4.69, 9.17) is 0 Å². The van der Waals surface area contributed by atoms with E-state index in [2.05, 4.69) is 20.5 Å². The highest BCUT2D eigenvalue weighted by atomic mass is 16.2. The lowest BCUT2D eigenvalue weighted by atomic mass is 10.2. The van der Waals surface area contributed by atoms with E-state index in [0.717, 1.165) is 11.4 Å². The maximum Gasteiger partial charge on any atom is 0.318 e. The van der Waals surface area contributed by atoms with Crippen molar-refractivity contribution in [3.63, 3.8) is 0 Å². The maximum atomic E-state index is 12.1. The van der Waals surface area contributed by atoms with Gasteiger partial charge in [0, 0.05) is 33.0 Å².